The molecular formula is C13H20F3N3O2S. The van der Waals surface area contributed by atoms with Crippen molar-refractivity contribution in [2.45, 2.75) is 37.6 Å². The summed E-state index contributed by atoms with van der Waals surface area (Å²) in [6.07, 6.45) is -1.26. The summed E-state index contributed by atoms with van der Waals surface area (Å²) in [6.45, 7) is 1.83. The fourth-order valence-corrected chi connectivity index (χ4v) is 2.77. The maximum absolute atomic E-state index is 13.3. The SMILES string of the molecule is CCC(CSC)NC(=O)CC(O)(c1nccn1C)C(F)(F)F. The predicted octanol–water partition coefficient (Wildman–Crippen LogP) is 1.82. The van der Waals surface area contributed by atoms with Gasteiger partial charge in [-0.15, -0.1) is 0 Å². The first-order chi connectivity index (χ1) is 10.2. The normalized spacial score (nSPS) is 16.1. The number of aryl methyl sites for hydroxylation is 1. The van der Waals surface area contributed by atoms with Gasteiger partial charge >= 0.3 is 6.18 Å². The smallest absolute Gasteiger partial charge is 0.374 e. The van der Waals surface area contributed by atoms with E-state index in [2.05, 4.69) is 10.3 Å². The van der Waals surface area contributed by atoms with E-state index in [0.29, 0.717) is 12.2 Å². The molecule has 2 unspecified atom stereocenters. The minimum Gasteiger partial charge on any atom is -0.374 e. The molecule has 1 rings (SSSR count). The molecule has 2 atom stereocenters. The summed E-state index contributed by atoms with van der Waals surface area (Å²) in [4.78, 5) is 15.5. The van der Waals surface area contributed by atoms with E-state index in [-0.39, 0.29) is 6.04 Å². The molecule has 0 fully saturated rings. The van der Waals surface area contributed by atoms with Gasteiger partial charge in [0.1, 0.15) is 0 Å². The number of nitrogens with one attached hydrogen (secondary N) is 1. The summed E-state index contributed by atoms with van der Waals surface area (Å²) in [6, 6.07) is -0.235. The number of hydrogen-bond acceptors (Lipinski definition) is 4. The molecule has 1 aromatic rings. The lowest BCUT2D eigenvalue weighted by Crippen LogP contribution is -2.49. The number of carbonyl (C=O) groups is 1. The molecule has 0 saturated carbocycles. The Morgan fingerprint density at radius 1 is 1.55 bits per heavy atom. The number of thioether (sulfide) groups is 1. The average Bonchev–Trinajstić information content (AvgIpc) is 2.83. The number of imidazole rings is 1. The summed E-state index contributed by atoms with van der Waals surface area (Å²) in [7, 11) is 1.33. The molecule has 0 aliphatic rings. The van der Waals surface area contributed by atoms with Crippen molar-refractivity contribution in [1.82, 2.24) is 14.9 Å². The second kappa shape index (κ2) is 7.36. The van der Waals surface area contributed by atoms with Crippen molar-refractivity contribution < 1.29 is 23.1 Å². The molecule has 1 amide bonds. The zero-order chi connectivity index (χ0) is 17.0. The Kier molecular flexibility index (Phi) is 6.30. The Balaban J connectivity index is 2.97. The number of aromatic nitrogens is 2. The summed E-state index contributed by atoms with van der Waals surface area (Å²) in [5.74, 6) is -0.869. The third kappa shape index (κ3) is 4.16. The molecule has 9 heteroatoms. The molecule has 1 aromatic heterocycles. The monoisotopic (exact) mass is 339 g/mol. The lowest BCUT2D eigenvalue weighted by atomic mass is 9.97. The van der Waals surface area contributed by atoms with Gasteiger partial charge in [-0.1, -0.05) is 6.92 Å². The number of rotatable bonds is 7. The first kappa shape index (κ1) is 18.8. The first-order valence-corrected chi connectivity index (χ1v) is 8.10. The summed E-state index contributed by atoms with van der Waals surface area (Å²) < 4.78 is 40.9. The van der Waals surface area contributed by atoms with Gasteiger partial charge in [0.25, 0.3) is 0 Å². The van der Waals surface area contributed by atoms with Crippen LogP contribution in [0.3, 0.4) is 0 Å². The summed E-state index contributed by atoms with van der Waals surface area (Å²) >= 11 is 1.48. The maximum atomic E-state index is 13.3. The van der Waals surface area contributed by atoms with Crippen LogP contribution in [0.2, 0.25) is 0 Å². The standard InChI is InChI=1S/C13H20F3N3O2S/c1-4-9(8-22-3)18-10(20)7-12(21,13(14,15)16)11-17-5-6-19(11)2/h5-6,9,21H,4,7-8H2,1-3H3,(H,18,20). The Labute approximate surface area is 131 Å². The van der Waals surface area contributed by atoms with E-state index in [9.17, 15) is 23.1 Å². The Bertz CT molecular complexity index is 507. The Morgan fingerprint density at radius 2 is 2.18 bits per heavy atom. The van der Waals surface area contributed by atoms with Crippen LogP contribution in [-0.4, -0.2) is 44.8 Å². The van der Waals surface area contributed by atoms with Gasteiger partial charge in [-0.2, -0.15) is 24.9 Å². The molecule has 0 saturated heterocycles. The molecule has 22 heavy (non-hydrogen) atoms. The molecule has 0 spiro atoms. The van der Waals surface area contributed by atoms with E-state index in [4.69, 9.17) is 0 Å². The molecule has 126 valence electrons. The van der Waals surface area contributed by atoms with Crippen molar-refractivity contribution in [3.05, 3.63) is 18.2 Å². The van der Waals surface area contributed by atoms with Gasteiger partial charge in [-0.05, 0) is 12.7 Å². The second-order valence-electron chi connectivity index (χ2n) is 5.02. The lowest BCUT2D eigenvalue weighted by Gasteiger charge is -2.30. The highest BCUT2D eigenvalue weighted by Crippen LogP contribution is 2.40. The van der Waals surface area contributed by atoms with Crippen molar-refractivity contribution in [1.29, 1.82) is 0 Å². The fourth-order valence-electron chi connectivity index (χ4n) is 2.04. The number of aliphatic hydroxyl groups is 1. The van der Waals surface area contributed by atoms with Gasteiger partial charge in [-0.25, -0.2) is 4.98 Å². The zero-order valence-electron chi connectivity index (χ0n) is 12.6. The van der Waals surface area contributed by atoms with Crippen LogP contribution in [0.15, 0.2) is 12.4 Å². The zero-order valence-corrected chi connectivity index (χ0v) is 13.5. The van der Waals surface area contributed by atoms with E-state index < -0.39 is 29.9 Å². The predicted molar refractivity (Wildman–Crippen MR) is 78.4 cm³/mol. The fraction of sp³-hybridized carbons (Fsp3) is 0.692. The lowest BCUT2D eigenvalue weighted by molar-refractivity contribution is -0.271. The number of nitrogens with zero attached hydrogens (tertiary/aromatic N) is 2. The number of hydrogen-bond donors (Lipinski definition) is 2. The van der Waals surface area contributed by atoms with E-state index in [1.54, 1.807) is 0 Å². The Morgan fingerprint density at radius 3 is 2.59 bits per heavy atom. The largest absolute Gasteiger partial charge is 0.425 e. The van der Waals surface area contributed by atoms with Crippen molar-refractivity contribution >= 4 is 17.7 Å². The van der Waals surface area contributed by atoms with Crippen molar-refractivity contribution in [3.63, 3.8) is 0 Å². The van der Waals surface area contributed by atoms with Crippen molar-refractivity contribution in [3.8, 4) is 0 Å². The third-order valence-electron chi connectivity index (χ3n) is 3.30. The molecule has 0 aromatic carbocycles. The minimum atomic E-state index is -5.01. The second-order valence-corrected chi connectivity index (χ2v) is 5.94. The van der Waals surface area contributed by atoms with Gasteiger partial charge in [0.2, 0.25) is 11.5 Å². The van der Waals surface area contributed by atoms with Crippen LogP contribution in [0.1, 0.15) is 25.6 Å². The molecule has 0 aliphatic heterocycles. The molecule has 5 nitrogen and oxygen atoms in total. The highest BCUT2D eigenvalue weighted by molar-refractivity contribution is 7.98. The number of carbonyl (C=O) groups excluding carboxylic acids is 1. The number of halogens is 3. The number of alkyl halides is 3. The van der Waals surface area contributed by atoms with Gasteiger partial charge in [-0.3, -0.25) is 4.79 Å². The van der Waals surface area contributed by atoms with Gasteiger partial charge in [0, 0.05) is 31.2 Å². The summed E-state index contributed by atoms with van der Waals surface area (Å²) in [5, 5.41) is 12.6. The molecule has 0 bridgehead atoms. The van der Waals surface area contributed by atoms with Crippen LogP contribution in [0.4, 0.5) is 13.2 Å². The number of amides is 1. The van der Waals surface area contributed by atoms with Crippen LogP contribution >= 0.6 is 11.8 Å². The van der Waals surface area contributed by atoms with Crippen molar-refractivity contribution in [2.75, 3.05) is 12.0 Å². The van der Waals surface area contributed by atoms with E-state index >= 15 is 0 Å². The first-order valence-electron chi connectivity index (χ1n) is 6.71. The van der Waals surface area contributed by atoms with Crippen LogP contribution in [0, 0.1) is 0 Å². The van der Waals surface area contributed by atoms with Crippen LogP contribution in [0.5, 0.6) is 0 Å². The van der Waals surface area contributed by atoms with E-state index in [0.717, 1.165) is 10.8 Å². The molecule has 1 heterocycles. The van der Waals surface area contributed by atoms with E-state index in [1.165, 1.54) is 25.0 Å². The highest BCUT2D eigenvalue weighted by atomic mass is 32.2. The Hall–Kier alpha value is -1.22. The third-order valence-corrected chi connectivity index (χ3v) is 4.04. The molecule has 0 radical (unpaired) electrons. The van der Waals surface area contributed by atoms with Crippen LogP contribution in [0.25, 0.3) is 0 Å². The van der Waals surface area contributed by atoms with Gasteiger partial charge in [0.15, 0.2) is 5.82 Å². The van der Waals surface area contributed by atoms with Crippen molar-refractivity contribution in [2.24, 2.45) is 7.05 Å². The van der Waals surface area contributed by atoms with Crippen LogP contribution < -0.4 is 5.32 Å². The highest BCUT2D eigenvalue weighted by Gasteiger charge is 2.58. The van der Waals surface area contributed by atoms with Gasteiger partial charge in [0.05, 0.1) is 6.42 Å². The van der Waals surface area contributed by atoms with E-state index in [1.807, 2.05) is 13.2 Å². The van der Waals surface area contributed by atoms with Gasteiger partial charge < -0.3 is 15.0 Å². The molecule has 0 aliphatic carbocycles. The quantitative estimate of drug-likeness (QED) is 0.795. The van der Waals surface area contributed by atoms with Crippen LogP contribution in [-0.2, 0) is 17.4 Å². The molecular weight excluding hydrogens is 319 g/mol. The topological polar surface area (TPSA) is 67.2 Å². The molecule has 2 N–H and O–H groups in total. The minimum absolute atomic E-state index is 0.235. The average molecular weight is 339 g/mol. The summed E-state index contributed by atoms with van der Waals surface area (Å²) in [5.41, 5.74) is -3.31. The maximum Gasteiger partial charge on any atom is 0.425 e.